The fourth-order valence-electron chi connectivity index (χ4n) is 2.09. The highest BCUT2D eigenvalue weighted by Crippen LogP contribution is 2.31. The number of rotatable bonds is 3. The van der Waals surface area contributed by atoms with Crippen LogP contribution in [0.3, 0.4) is 0 Å². The lowest BCUT2D eigenvalue weighted by molar-refractivity contribution is 0.459. The van der Waals surface area contributed by atoms with Gasteiger partial charge in [0, 0.05) is 12.7 Å². The first-order chi connectivity index (χ1) is 9.69. The first kappa shape index (κ1) is 13.0. The van der Waals surface area contributed by atoms with Crippen LogP contribution in [0.5, 0.6) is 11.6 Å². The number of nitrogens with two attached hydrogens (primary N) is 1. The van der Waals surface area contributed by atoms with Crippen LogP contribution < -0.4 is 10.5 Å². The summed E-state index contributed by atoms with van der Waals surface area (Å²) in [6, 6.07) is 11.4. The van der Waals surface area contributed by atoms with E-state index in [1.807, 2.05) is 53.9 Å². The molecule has 2 aromatic heterocycles. The zero-order valence-corrected chi connectivity index (χ0v) is 11.8. The van der Waals surface area contributed by atoms with Gasteiger partial charge in [-0.15, -0.1) is 0 Å². The Bertz CT molecular complexity index is 767. The third-order valence-electron chi connectivity index (χ3n) is 3.08. The van der Waals surface area contributed by atoms with Gasteiger partial charge in [-0.2, -0.15) is 4.98 Å². The molecular weight excluding hydrogens is 274 g/mol. The molecule has 0 saturated heterocycles. The van der Waals surface area contributed by atoms with Gasteiger partial charge in [0.15, 0.2) is 0 Å². The monoisotopic (exact) mass is 287 g/mol. The van der Waals surface area contributed by atoms with Crippen molar-refractivity contribution in [3.63, 3.8) is 0 Å². The number of ether oxygens (including phenoxy) is 1. The average molecular weight is 288 g/mol. The van der Waals surface area contributed by atoms with E-state index in [9.17, 15) is 0 Å². The van der Waals surface area contributed by atoms with Gasteiger partial charge in [0.2, 0.25) is 5.88 Å². The van der Waals surface area contributed by atoms with E-state index < -0.39 is 0 Å². The fourth-order valence-corrected chi connectivity index (χ4v) is 2.24. The highest BCUT2D eigenvalue weighted by Gasteiger charge is 2.14. The van der Waals surface area contributed by atoms with Crippen molar-refractivity contribution >= 4 is 17.2 Å². The van der Waals surface area contributed by atoms with Crippen LogP contribution in [-0.2, 0) is 6.54 Å². The lowest BCUT2D eigenvalue weighted by Crippen LogP contribution is -2.02. The molecular formula is C15H14ClN3O. The van der Waals surface area contributed by atoms with Crippen LogP contribution in [0.25, 0.3) is 5.65 Å². The van der Waals surface area contributed by atoms with Gasteiger partial charge in [-0.1, -0.05) is 23.7 Å². The van der Waals surface area contributed by atoms with Crippen molar-refractivity contribution in [1.29, 1.82) is 0 Å². The van der Waals surface area contributed by atoms with Crippen molar-refractivity contribution in [1.82, 2.24) is 9.38 Å². The number of imidazole rings is 1. The Balaban J connectivity index is 2.08. The molecule has 0 aliphatic heterocycles. The van der Waals surface area contributed by atoms with Crippen LogP contribution in [0.2, 0.25) is 5.02 Å². The quantitative estimate of drug-likeness (QED) is 0.801. The van der Waals surface area contributed by atoms with Crippen molar-refractivity contribution in [3.05, 3.63) is 58.9 Å². The molecule has 102 valence electrons. The standard InChI is InChI=1S/C15H14ClN3O/c1-10-5-6-11(16)13(8-10)20-15-12(9-17)19-7-3-2-4-14(19)18-15/h2-8H,9,17H2,1H3. The van der Waals surface area contributed by atoms with E-state index in [0.29, 0.717) is 23.2 Å². The normalized spacial score (nSPS) is 10.9. The number of hydrogen-bond donors (Lipinski definition) is 1. The van der Waals surface area contributed by atoms with E-state index in [1.165, 1.54) is 0 Å². The minimum absolute atomic E-state index is 0.337. The smallest absolute Gasteiger partial charge is 0.242 e. The van der Waals surface area contributed by atoms with E-state index in [0.717, 1.165) is 16.9 Å². The SMILES string of the molecule is Cc1ccc(Cl)c(Oc2nc3ccccn3c2CN)c1. The van der Waals surface area contributed by atoms with Crippen molar-refractivity contribution < 1.29 is 4.74 Å². The molecule has 3 aromatic rings. The maximum absolute atomic E-state index is 6.15. The highest BCUT2D eigenvalue weighted by molar-refractivity contribution is 6.32. The van der Waals surface area contributed by atoms with Gasteiger partial charge in [0.25, 0.3) is 0 Å². The number of benzene rings is 1. The Hall–Kier alpha value is -2.04. The van der Waals surface area contributed by atoms with Crippen LogP contribution in [0.15, 0.2) is 42.6 Å². The molecule has 0 aliphatic rings. The van der Waals surface area contributed by atoms with Gasteiger partial charge < -0.3 is 10.5 Å². The molecule has 0 aliphatic carbocycles. The molecule has 0 fully saturated rings. The maximum atomic E-state index is 6.15. The molecule has 0 amide bonds. The van der Waals surface area contributed by atoms with Gasteiger partial charge >= 0.3 is 0 Å². The molecule has 0 radical (unpaired) electrons. The molecule has 0 saturated carbocycles. The molecule has 4 nitrogen and oxygen atoms in total. The lowest BCUT2D eigenvalue weighted by Gasteiger charge is -2.07. The highest BCUT2D eigenvalue weighted by atomic mass is 35.5. The number of pyridine rings is 1. The van der Waals surface area contributed by atoms with Crippen molar-refractivity contribution in [3.8, 4) is 11.6 Å². The number of halogens is 1. The summed E-state index contributed by atoms with van der Waals surface area (Å²) in [6.07, 6.45) is 1.91. The summed E-state index contributed by atoms with van der Waals surface area (Å²) < 4.78 is 7.77. The van der Waals surface area contributed by atoms with E-state index in [2.05, 4.69) is 4.98 Å². The Labute approximate surface area is 121 Å². The van der Waals surface area contributed by atoms with Gasteiger partial charge in [0.05, 0.1) is 5.02 Å². The number of nitrogens with zero attached hydrogens (tertiary/aromatic N) is 2. The average Bonchev–Trinajstić information content (AvgIpc) is 2.80. The van der Waals surface area contributed by atoms with E-state index >= 15 is 0 Å². The zero-order valence-electron chi connectivity index (χ0n) is 11.0. The molecule has 5 heteroatoms. The number of fused-ring (bicyclic) bond motifs is 1. The molecule has 2 heterocycles. The number of aryl methyl sites for hydroxylation is 1. The summed E-state index contributed by atoms with van der Waals surface area (Å²) in [5.74, 6) is 1.08. The zero-order chi connectivity index (χ0) is 14.1. The number of hydrogen-bond acceptors (Lipinski definition) is 3. The molecule has 1 aromatic carbocycles. The summed E-state index contributed by atoms with van der Waals surface area (Å²) in [5, 5.41) is 0.552. The minimum atomic E-state index is 0.337. The Morgan fingerprint density at radius 2 is 2.15 bits per heavy atom. The van der Waals surface area contributed by atoms with E-state index in [-0.39, 0.29) is 0 Å². The molecule has 2 N–H and O–H groups in total. The largest absolute Gasteiger partial charge is 0.436 e. The predicted octanol–water partition coefficient (Wildman–Crippen LogP) is 3.55. The van der Waals surface area contributed by atoms with Gasteiger partial charge in [-0.3, -0.25) is 4.40 Å². The van der Waals surface area contributed by atoms with Gasteiger partial charge in [-0.25, -0.2) is 0 Å². The molecule has 3 rings (SSSR count). The second kappa shape index (κ2) is 5.15. The summed E-state index contributed by atoms with van der Waals surface area (Å²) in [7, 11) is 0. The fraction of sp³-hybridized carbons (Fsp3) is 0.133. The first-order valence-electron chi connectivity index (χ1n) is 6.29. The summed E-state index contributed by atoms with van der Waals surface area (Å²) >= 11 is 6.15. The van der Waals surface area contributed by atoms with Crippen LogP contribution in [-0.4, -0.2) is 9.38 Å². The Kier molecular flexibility index (Phi) is 3.34. The topological polar surface area (TPSA) is 52.5 Å². The van der Waals surface area contributed by atoms with Crippen molar-refractivity contribution in [2.24, 2.45) is 5.73 Å². The Morgan fingerprint density at radius 3 is 2.95 bits per heavy atom. The van der Waals surface area contributed by atoms with Gasteiger partial charge in [0.1, 0.15) is 17.1 Å². The molecule has 20 heavy (non-hydrogen) atoms. The van der Waals surface area contributed by atoms with Crippen LogP contribution in [0.4, 0.5) is 0 Å². The van der Waals surface area contributed by atoms with Gasteiger partial charge in [-0.05, 0) is 36.8 Å². The second-order valence-corrected chi connectivity index (χ2v) is 4.94. The predicted molar refractivity (Wildman–Crippen MR) is 79.3 cm³/mol. The van der Waals surface area contributed by atoms with Crippen molar-refractivity contribution in [2.45, 2.75) is 13.5 Å². The van der Waals surface area contributed by atoms with Crippen LogP contribution in [0, 0.1) is 6.92 Å². The lowest BCUT2D eigenvalue weighted by atomic mass is 10.2. The third-order valence-corrected chi connectivity index (χ3v) is 3.39. The minimum Gasteiger partial charge on any atom is -0.436 e. The second-order valence-electron chi connectivity index (χ2n) is 4.53. The molecule has 0 atom stereocenters. The Morgan fingerprint density at radius 1 is 1.30 bits per heavy atom. The third kappa shape index (κ3) is 2.24. The summed E-state index contributed by atoms with van der Waals surface area (Å²) in [5.41, 5.74) is 8.50. The molecule has 0 unspecified atom stereocenters. The first-order valence-corrected chi connectivity index (χ1v) is 6.67. The van der Waals surface area contributed by atoms with E-state index in [4.69, 9.17) is 22.1 Å². The van der Waals surface area contributed by atoms with E-state index in [1.54, 1.807) is 0 Å². The molecule has 0 spiro atoms. The van der Waals surface area contributed by atoms with Crippen molar-refractivity contribution in [2.75, 3.05) is 0 Å². The van der Waals surface area contributed by atoms with Crippen LogP contribution >= 0.6 is 11.6 Å². The summed E-state index contributed by atoms with van der Waals surface area (Å²) in [4.78, 5) is 4.45. The molecule has 0 bridgehead atoms. The summed E-state index contributed by atoms with van der Waals surface area (Å²) in [6.45, 7) is 2.32. The number of aromatic nitrogens is 2. The maximum Gasteiger partial charge on any atom is 0.242 e. The van der Waals surface area contributed by atoms with Crippen LogP contribution in [0.1, 0.15) is 11.3 Å².